The van der Waals surface area contributed by atoms with Gasteiger partial charge in [0.1, 0.15) is 6.10 Å². The fourth-order valence-corrected chi connectivity index (χ4v) is 3.66. The van der Waals surface area contributed by atoms with Gasteiger partial charge in [0, 0.05) is 5.57 Å². The van der Waals surface area contributed by atoms with Gasteiger partial charge in [-0.1, -0.05) is 49.1 Å². The smallest absolute Gasteiger partial charge is 0.334 e. The Labute approximate surface area is 125 Å². The van der Waals surface area contributed by atoms with E-state index in [1.54, 1.807) is 0 Å². The highest BCUT2D eigenvalue weighted by Gasteiger charge is 2.30. The largest absolute Gasteiger partial charge is 0.458 e. The molecule has 1 heterocycles. The molecule has 5 heteroatoms. The number of carbonyl (C=O) groups is 1. The Kier molecular flexibility index (Phi) is 4.96. The first-order valence-corrected chi connectivity index (χ1v) is 8.59. The number of carbonyl (C=O) groups excluding carboxylic acids is 1. The van der Waals surface area contributed by atoms with Gasteiger partial charge in [-0.3, -0.25) is 0 Å². The molecule has 1 atom stereocenters. The van der Waals surface area contributed by atoms with E-state index in [9.17, 15) is 13.2 Å². The predicted molar refractivity (Wildman–Crippen MR) is 82.4 cm³/mol. The van der Waals surface area contributed by atoms with Crippen LogP contribution in [0, 0.1) is 0 Å². The van der Waals surface area contributed by atoms with Crippen LogP contribution in [-0.4, -0.2) is 32.0 Å². The Morgan fingerprint density at radius 3 is 2.67 bits per heavy atom. The summed E-state index contributed by atoms with van der Waals surface area (Å²) in [5.41, 5.74) is 1.37. The van der Waals surface area contributed by atoms with Crippen LogP contribution >= 0.6 is 0 Å². The number of hydrogen-bond acceptors (Lipinski definition) is 4. The van der Waals surface area contributed by atoms with Crippen LogP contribution < -0.4 is 0 Å². The fraction of sp³-hybridized carbons (Fsp3) is 0.312. The summed E-state index contributed by atoms with van der Waals surface area (Å²) in [4.78, 5) is 11.8. The normalized spacial score (nSPS) is 20.5. The van der Waals surface area contributed by atoms with Crippen LogP contribution in [0.3, 0.4) is 0 Å². The maximum absolute atomic E-state index is 11.8. The third kappa shape index (κ3) is 4.86. The van der Waals surface area contributed by atoms with Crippen molar-refractivity contribution in [2.24, 2.45) is 0 Å². The van der Waals surface area contributed by atoms with Crippen LogP contribution in [0.5, 0.6) is 0 Å². The van der Waals surface area contributed by atoms with E-state index in [2.05, 4.69) is 6.58 Å². The molecule has 1 fully saturated rings. The minimum absolute atomic E-state index is 0.0775. The van der Waals surface area contributed by atoms with Crippen LogP contribution in [0.1, 0.15) is 18.4 Å². The molecule has 1 aromatic rings. The molecule has 2 rings (SSSR count). The molecule has 1 aliphatic rings. The van der Waals surface area contributed by atoms with Gasteiger partial charge in [-0.15, -0.1) is 0 Å². The van der Waals surface area contributed by atoms with Crippen LogP contribution in [0.4, 0.5) is 0 Å². The van der Waals surface area contributed by atoms with Gasteiger partial charge in [0.25, 0.3) is 0 Å². The second kappa shape index (κ2) is 6.72. The SMILES string of the molecule is C=C(CC=Cc1ccccc1)C(=O)OC1CCS(=O)(=O)C1. The summed E-state index contributed by atoms with van der Waals surface area (Å²) in [6.07, 6.45) is 3.97. The maximum Gasteiger partial charge on any atom is 0.334 e. The van der Waals surface area contributed by atoms with Crippen molar-refractivity contribution in [3.05, 3.63) is 54.1 Å². The highest BCUT2D eigenvalue weighted by atomic mass is 32.2. The molecular formula is C16H18O4S. The van der Waals surface area contributed by atoms with E-state index in [1.807, 2.05) is 42.5 Å². The number of hydrogen-bond donors (Lipinski definition) is 0. The molecule has 0 amide bonds. The predicted octanol–water partition coefficient (Wildman–Crippen LogP) is 2.38. The molecule has 1 unspecified atom stereocenters. The molecule has 0 spiro atoms. The van der Waals surface area contributed by atoms with E-state index in [4.69, 9.17) is 4.74 Å². The monoisotopic (exact) mass is 306 g/mol. The summed E-state index contributed by atoms with van der Waals surface area (Å²) in [6.45, 7) is 3.69. The van der Waals surface area contributed by atoms with Crippen molar-refractivity contribution in [1.82, 2.24) is 0 Å². The molecule has 0 N–H and O–H groups in total. The molecule has 0 aliphatic carbocycles. The number of ether oxygens (including phenoxy) is 1. The van der Waals surface area contributed by atoms with Gasteiger partial charge in [0.15, 0.2) is 9.84 Å². The molecule has 1 aliphatic heterocycles. The molecule has 0 aromatic heterocycles. The zero-order chi connectivity index (χ0) is 15.3. The molecule has 0 bridgehead atoms. The van der Waals surface area contributed by atoms with Crippen molar-refractivity contribution in [2.75, 3.05) is 11.5 Å². The van der Waals surface area contributed by atoms with Crippen molar-refractivity contribution < 1.29 is 17.9 Å². The quantitative estimate of drug-likeness (QED) is 0.619. The van der Waals surface area contributed by atoms with Crippen LogP contribution in [0.15, 0.2) is 48.6 Å². The third-order valence-electron chi connectivity index (χ3n) is 3.23. The molecule has 1 aromatic carbocycles. The Hall–Kier alpha value is -1.88. The van der Waals surface area contributed by atoms with Crippen LogP contribution in [0.25, 0.3) is 6.08 Å². The molecule has 112 valence electrons. The number of allylic oxidation sites excluding steroid dienone is 1. The second-order valence-electron chi connectivity index (χ2n) is 5.05. The molecule has 4 nitrogen and oxygen atoms in total. The zero-order valence-electron chi connectivity index (χ0n) is 11.7. The molecule has 21 heavy (non-hydrogen) atoms. The molecule has 1 saturated heterocycles. The minimum atomic E-state index is -3.04. The summed E-state index contributed by atoms with van der Waals surface area (Å²) >= 11 is 0. The Morgan fingerprint density at radius 2 is 2.05 bits per heavy atom. The van der Waals surface area contributed by atoms with Crippen molar-refractivity contribution in [3.8, 4) is 0 Å². The van der Waals surface area contributed by atoms with E-state index < -0.39 is 21.9 Å². The van der Waals surface area contributed by atoms with Gasteiger partial charge >= 0.3 is 5.97 Å². The Balaban J connectivity index is 1.81. The maximum atomic E-state index is 11.8. The van der Waals surface area contributed by atoms with E-state index in [-0.39, 0.29) is 11.5 Å². The van der Waals surface area contributed by atoms with Crippen molar-refractivity contribution >= 4 is 21.9 Å². The van der Waals surface area contributed by atoms with Crippen molar-refractivity contribution in [2.45, 2.75) is 18.9 Å². The summed E-state index contributed by atoms with van der Waals surface area (Å²) in [7, 11) is -3.04. The highest BCUT2D eigenvalue weighted by Crippen LogP contribution is 2.17. The number of sulfone groups is 1. The van der Waals surface area contributed by atoms with Gasteiger partial charge in [0.05, 0.1) is 11.5 Å². The highest BCUT2D eigenvalue weighted by molar-refractivity contribution is 7.91. The molecular weight excluding hydrogens is 288 g/mol. The average Bonchev–Trinajstić information content (AvgIpc) is 2.79. The van der Waals surface area contributed by atoms with Crippen molar-refractivity contribution in [3.63, 3.8) is 0 Å². The lowest BCUT2D eigenvalue weighted by Gasteiger charge is -2.10. The first-order chi connectivity index (χ1) is 9.96. The first-order valence-electron chi connectivity index (χ1n) is 6.77. The zero-order valence-corrected chi connectivity index (χ0v) is 12.5. The number of rotatable bonds is 5. The van der Waals surface area contributed by atoms with E-state index in [0.29, 0.717) is 18.4 Å². The van der Waals surface area contributed by atoms with Gasteiger partial charge in [-0.25, -0.2) is 13.2 Å². The minimum Gasteiger partial charge on any atom is -0.458 e. The van der Waals surface area contributed by atoms with E-state index >= 15 is 0 Å². The lowest BCUT2D eigenvalue weighted by atomic mass is 10.1. The van der Waals surface area contributed by atoms with Crippen LogP contribution in [0.2, 0.25) is 0 Å². The van der Waals surface area contributed by atoms with Crippen LogP contribution in [-0.2, 0) is 19.4 Å². The number of benzene rings is 1. The fourth-order valence-electron chi connectivity index (χ4n) is 2.07. The lowest BCUT2D eigenvalue weighted by Crippen LogP contribution is -2.20. The standard InChI is InChI=1S/C16H18O4S/c1-13(6-5-9-14-7-3-2-4-8-14)16(17)20-15-10-11-21(18,19)12-15/h2-5,7-9,15H,1,6,10-12H2. The van der Waals surface area contributed by atoms with Crippen molar-refractivity contribution in [1.29, 1.82) is 0 Å². The molecule has 0 saturated carbocycles. The third-order valence-corrected chi connectivity index (χ3v) is 4.96. The summed E-state index contributed by atoms with van der Waals surface area (Å²) in [5, 5.41) is 0. The summed E-state index contributed by atoms with van der Waals surface area (Å²) < 4.78 is 27.8. The lowest BCUT2D eigenvalue weighted by molar-refractivity contribution is -0.143. The summed E-state index contributed by atoms with van der Waals surface area (Å²) in [5.74, 6) is -0.508. The van der Waals surface area contributed by atoms with E-state index in [0.717, 1.165) is 5.56 Å². The second-order valence-corrected chi connectivity index (χ2v) is 7.28. The van der Waals surface area contributed by atoms with Gasteiger partial charge in [0.2, 0.25) is 0 Å². The van der Waals surface area contributed by atoms with E-state index in [1.165, 1.54) is 0 Å². The Morgan fingerprint density at radius 1 is 1.33 bits per heavy atom. The average molecular weight is 306 g/mol. The topological polar surface area (TPSA) is 60.4 Å². The number of esters is 1. The summed E-state index contributed by atoms with van der Waals surface area (Å²) in [6, 6.07) is 9.72. The van der Waals surface area contributed by atoms with Gasteiger partial charge in [-0.05, 0) is 18.4 Å². The molecule has 0 radical (unpaired) electrons. The first kappa shape index (κ1) is 15.5. The Bertz CT molecular complexity index is 644. The van der Waals surface area contributed by atoms with Gasteiger partial charge < -0.3 is 4.74 Å². The van der Waals surface area contributed by atoms with Gasteiger partial charge in [-0.2, -0.15) is 0 Å².